The van der Waals surface area contributed by atoms with E-state index in [-0.39, 0.29) is 17.7 Å². The van der Waals surface area contributed by atoms with E-state index in [4.69, 9.17) is 4.52 Å². The van der Waals surface area contributed by atoms with E-state index in [1.807, 2.05) is 0 Å². The smallest absolute Gasteiger partial charge is 0.286 e. The minimum atomic E-state index is -4.42. The Bertz CT molecular complexity index is 1190. The van der Waals surface area contributed by atoms with Gasteiger partial charge in [-0.3, -0.25) is 4.57 Å². The minimum absolute atomic E-state index is 0.159. The van der Waals surface area contributed by atoms with Crippen molar-refractivity contribution < 1.29 is 26.7 Å². The molecular formula is C21H15F4N2O2P. The molecule has 1 atom stereocenters. The number of fused-ring (bicyclic) bond motifs is 1. The van der Waals surface area contributed by atoms with E-state index in [0.717, 1.165) is 5.01 Å². The molecule has 0 amide bonds. The van der Waals surface area contributed by atoms with E-state index in [2.05, 4.69) is 5.10 Å². The summed E-state index contributed by atoms with van der Waals surface area (Å²) in [5.74, 6) is -7.56. The summed E-state index contributed by atoms with van der Waals surface area (Å²) in [6.45, 7) is 1.34. The number of hydrogen-bond acceptors (Lipinski definition) is 4. The third kappa shape index (κ3) is 3.04. The molecule has 3 aromatic rings. The number of anilines is 2. The Morgan fingerprint density at radius 3 is 2.03 bits per heavy atom. The number of benzene rings is 3. The quantitative estimate of drug-likeness (QED) is 0.229. The van der Waals surface area contributed by atoms with Crippen molar-refractivity contribution in [3.8, 4) is 0 Å². The van der Waals surface area contributed by atoms with Crippen molar-refractivity contribution in [2.45, 2.75) is 6.92 Å². The lowest BCUT2D eigenvalue weighted by Gasteiger charge is -2.33. The van der Waals surface area contributed by atoms with Gasteiger partial charge >= 0.3 is 0 Å². The molecule has 154 valence electrons. The fraction of sp³-hybridized carbons (Fsp3) is 0.0952. The first-order valence-electron chi connectivity index (χ1n) is 9.01. The summed E-state index contributed by atoms with van der Waals surface area (Å²) in [4.78, 5) is 0. The van der Waals surface area contributed by atoms with Gasteiger partial charge in [0.15, 0.2) is 28.7 Å². The van der Waals surface area contributed by atoms with Crippen LogP contribution in [0.4, 0.5) is 28.9 Å². The van der Waals surface area contributed by atoms with Crippen molar-refractivity contribution in [3.63, 3.8) is 0 Å². The maximum absolute atomic E-state index is 15.0. The van der Waals surface area contributed by atoms with Gasteiger partial charge in [-0.25, -0.2) is 22.6 Å². The molecule has 0 bridgehead atoms. The van der Waals surface area contributed by atoms with E-state index < -0.39 is 41.6 Å². The van der Waals surface area contributed by atoms with Crippen LogP contribution in [0.5, 0.6) is 0 Å². The van der Waals surface area contributed by atoms with Crippen molar-refractivity contribution in [1.29, 1.82) is 0 Å². The highest BCUT2D eigenvalue weighted by molar-refractivity contribution is 7.84. The molecule has 0 N–H and O–H groups in total. The Labute approximate surface area is 169 Å². The number of nitrogens with zero attached hydrogens (tertiary/aromatic N) is 2. The van der Waals surface area contributed by atoms with Crippen LogP contribution >= 0.6 is 7.37 Å². The van der Waals surface area contributed by atoms with E-state index in [0.29, 0.717) is 5.56 Å². The first-order valence-corrected chi connectivity index (χ1v) is 10.6. The second kappa shape index (κ2) is 7.70. The van der Waals surface area contributed by atoms with E-state index in [1.54, 1.807) is 48.5 Å². The Kier molecular flexibility index (Phi) is 5.22. The van der Waals surface area contributed by atoms with Gasteiger partial charge in [0, 0.05) is 5.56 Å². The van der Waals surface area contributed by atoms with Gasteiger partial charge in [-0.15, -0.1) is 0 Å². The molecule has 1 aliphatic heterocycles. The van der Waals surface area contributed by atoms with Gasteiger partial charge < -0.3 is 4.52 Å². The molecule has 1 aliphatic rings. The summed E-state index contributed by atoms with van der Waals surface area (Å²) in [6.07, 6.45) is 0. The number of halogens is 4. The second-order valence-corrected chi connectivity index (χ2v) is 8.59. The van der Waals surface area contributed by atoms with Gasteiger partial charge in [-0.05, 0) is 19.1 Å². The van der Waals surface area contributed by atoms with Crippen LogP contribution in [0, 0.1) is 23.3 Å². The Balaban J connectivity index is 2.13. The highest BCUT2D eigenvalue weighted by Gasteiger charge is 2.47. The maximum atomic E-state index is 15.0. The molecule has 0 fully saturated rings. The zero-order chi connectivity index (χ0) is 21.5. The van der Waals surface area contributed by atoms with Crippen molar-refractivity contribution in [1.82, 2.24) is 0 Å². The third-order valence-corrected chi connectivity index (χ3v) is 7.07. The zero-order valence-electron chi connectivity index (χ0n) is 15.7. The fourth-order valence-electron chi connectivity index (χ4n) is 3.26. The van der Waals surface area contributed by atoms with Crippen LogP contribution < -0.4 is 10.3 Å². The van der Waals surface area contributed by atoms with Crippen LogP contribution in [-0.2, 0) is 9.09 Å². The SMILES string of the molecule is CCO[P@@]1(=O)C(c2ccccc2)=NN(c2ccccc2)c2c(F)c(F)c(F)c(F)c21. The molecule has 0 aromatic heterocycles. The standard InChI is InChI=1S/C21H15F4N2O2P/c1-2-29-30(28)20-18(25)16(23)15(22)17(24)19(20)27(14-11-7-4-8-12-14)26-21(30)13-9-5-3-6-10-13/h3-12H,2H2,1H3/t30-/m1/s1. The molecule has 1 heterocycles. The average molecular weight is 434 g/mol. The van der Waals surface area contributed by atoms with Crippen LogP contribution in [0.1, 0.15) is 12.5 Å². The monoisotopic (exact) mass is 434 g/mol. The van der Waals surface area contributed by atoms with Gasteiger partial charge in [0.1, 0.15) is 11.0 Å². The van der Waals surface area contributed by atoms with Crippen LogP contribution in [0.2, 0.25) is 0 Å². The molecule has 0 radical (unpaired) electrons. The molecule has 3 aromatic carbocycles. The van der Waals surface area contributed by atoms with Crippen molar-refractivity contribution >= 4 is 29.5 Å². The molecule has 0 spiro atoms. The lowest BCUT2D eigenvalue weighted by atomic mass is 10.2. The summed E-state index contributed by atoms with van der Waals surface area (Å²) >= 11 is 0. The average Bonchev–Trinajstić information content (AvgIpc) is 2.77. The van der Waals surface area contributed by atoms with Crippen LogP contribution in [0.15, 0.2) is 65.8 Å². The molecule has 30 heavy (non-hydrogen) atoms. The van der Waals surface area contributed by atoms with E-state index in [9.17, 15) is 17.7 Å². The largest absolute Gasteiger partial charge is 0.321 e. The summed E-state index contributed by atoms with van der Waals surface area (Å²) in [7, 11) is -4.42. The van der Waals surface area contributed by atoms with Gasteiger partial charge in [0.2, 0.25) is 0 Å². The Morgan fingerprint density at radius 1 is 0.867 bits per heavy atom. The highest BCUT2D eigenvalue weighted by atomic mass is 31.2. The molecule has 4 nitrogen and oxygen atoms in total. The summed E-state index contributed by atoms with van der Waals surface area (Å²) in [5.41, 5.74) is -0.440. The predicted octanol–water partition coefficient (Wildman–Crippen LogP) is 5.70. The number of rotatable bonds is 4. The normalized spacial score (nSPS) is 18.2. The maximum Gasteiger partial charge on any atom is 0.286 e. The van der Waals surface area contributed by atoms with Crippen LogP contribution in [0.25, 0.3) is 0 Å². The van der Waals surface area contributed by atoms with Gasteiger partial charge in [-0.2, -0.15) is 5.10 Å². The lowest BCUT2D eigenvalue weighted by Crippen LogP contribution is -2.34. The van der Waals surface area contributed by atoms with Crippen molar-refractivity contribution in [3.05, 3.63) is 89.5 Å². The van der Waals surface area contributed by atoms with Crippen molar-refractivity contribution in [2.24, 2.45) is 5.10 Å². The number of hydrazone groups is 1. The van der Waals surface area contributed by atoms with E-state index in [1.165, 1.54) is 19.1 Å². The lowest BCUT2D eigenvalue weighted by molar-refractivity contribution is 0.347. The summed E-state index contributed by atoms with van der Waals surface area (Å²) in [6, 6.07) is 16.0. The predicted molar refractivity (Wildman–Crippen MR) is 107 cm³/mol. The molecule has 0 saturated carbocycles. The Morgan fingerprint density at radius 2 is 1.43 bits per heavy atom. The topological polar surface area (TPSA) is 41.9 Å². The molecular weight excluding hydrogens is 419 g/mol. The zero-order valence-corrected chi connectivity index (χ0v) is 16.5. The molecule has 0 aliphatic carbocycles. The van der Waals surface area contributed by atoms with Crippen LogP contribution in [0.3, 0.4) is 0 Å². The molecule has 0 unspecified atom stereocenters. The second-order valence-electron chi connectivity index (χ2n) is 6.36. The van der Waals surface area contributed by atoms with Gasteiger partial charge in [0.25, 0.3) is 7.37 Å². The first-order chi connectivity index (χ1) is 14.4. The summed E-state index contributed by atoms with van der Waals surface area (Å²) in [5, 5.41) is 4.29. The molecule has 9 heteroatoms. The molecule has 0 saturated heterocycles. The minimum Gasteiger partial charge on any atom is -0.321 e. The highest BCUT2D eigenvalue weighted by Crippen LogP contribution is 2.56. The van der Waals surface area contributed by atoms with Crippen LogP contribution in [-0.4, -0.2) is 12.1 Å². The number of hydrogen-bond donors (Lipinski definition) is 0. The number of para-hydroxylation sites is 1. The van der Waals surface area contributed by atoms with Gasteiger partial charge in [-0.1, -0.05) is 48.5 Å². The first kappa shape index (κ1) is 20.3. The van der Waals surface area contributed by atoms with E-state index >= 15 is 4.39 Å². The fourth-order valence-corrected chi connectivity index (χ4v) is 5.61. The molecule has 4 rings (SSSR count). The van der Waals surface area contributed by atoms with Crippen molar-refractivity contribution in [2.75, 3.05) is 11.6 Å². The van der Waals surface area contributed by atoms with Gasteiger partial charge in [0.05, 0.1) is 12.3 Å². The summed E-state index contributed by atoms with van der Waals surface area (Å²) < 4.78 is 77.5. The Hall–Kier alpha value is -2.96. The third-order valence-electron chi connectivity index (χ3n) is 4.54.